The summed E-state index contributed by atoms with van der Waals surface area (Å²) in [4.78, 5) is 22.0. The summed E-state index contributed by atoms with van der Waals surface area (Å²) in [6.07, 6.45) is 1.60. The van der Waals surface area contributed by atoms with Crippen molar-refractivity contribution in [2.45, 2.75) is 20.1 Å². The predicted octanol–water partition coefficient (Wildman–Crippen LogP) is 2.28. The number of hydrogen-bond acceptors (Lipinski definition) is 4. The van der Waals surface area contributed by atoms with Gasteiger partial charge in [0, 0.05) is 18.8 Å². The highest BCUT2D eigenvalue weighted by Crippen LogP contribution is 2.07. The van der Waals surface area contributed by atoms with E-state index in [2.05, 4.69) is 0 Å². The van der Waals surface area contributed by atoms with Gasteiger partial charge in [0.2, 0.25) is 0 Å². The zero-order valence-corrected chi connectivity index (χ0v) is 11.7. The molecule has 0 fully saturated rings. The maximum atomic E-state index is 11.9. The van der Waals surface area contributed by atoms with E-state index in [0.29, 0.717) is 18.8 Å². The second kappa shape index (κ2) is 6.81. The van der Waals surface area contributed by atoms with Gasteiger partial charge in [-0.1, -0.05) is 30.3 Å². The van der Waals surface area contributed by atoms with E-state index in [1.165, 1.54) is 10.6 Å². The highest BCUT2D eigenvalue weighted by molar-refractivity contribution is 5.30. The molecule has 1 aromatic carbocycles. The molecular formula is C15H16N2O4. The van der Waals surface area contributed by atoms with Crippen molar-refractivity contribution in [1.82, 2.24) is 4.57 Å². The second-order valence-electron chi connectivity index (χ2n) is 4.70. The molecule has 0 saturated heterocycles. The Morgan fingerprint density at radius 3 is 2.67 bits per heavy atom. The summed E-state index contributed by atoms with van der Waals surface area (Å²) in [7, 11) is 0. The number of rotatable bonds is 6. The van der Waals surface area contributed by atoms with E-state index in [-0.39, 0.29) is 6.54 Å². The SMILES string of the molecule is Cc1cc([N+](=O)[O-])c(=O)n(CCOCc2ccccc2)c1. The molecule has 1 aromatic heterocycles. The van der Waals surface area contributed by atoms with Gasteiger partial charge in [0.15, 0.2) is 0 Å². The van der Waals surface area contributed by atoms with Crippen LogP contribution in [0.25, 0.3) is 0 Å². The van der Waals surface area contributed by atoms with Gasteiger partial charge in [-0.3, -0.25) is 14.9 Å². The van der Waals surface area contributed by atoms with Gasteiger partial charge in [0.1, 0.15) is 0 Å². The Labute approximate surface area is 121 Å². The van der Waals surface area contributed by atoms with Crippen molar-refractivity contribution in [2.75, 3.05) is 6.61 Å². The molecule has 0 aliphatic carbocycles. The average molecular weight is 288 g/mol. The van der Waals surface area contributed by atoms with Crippen molar-refractivity contribution in [3.8, 4) is 0 Å². The molecule has 0 bridgehead atoms. The third-order valence-corrected chi connectivity index (χ3v) is 2.99. The van der Waals surface area contributed by atoms with Crippen molar-refractivity contribution in [2.24, 2.45) is 0 Å². The van der Waals surface area contributed by atoms with Crippen molar-refractivity contribution >= 4 is 5.69 Å². The van der Waals surface area contributed by atoms with Crippen molar-refractivity contribution < 1.29 is 9.66 Å². The summed E-state index contributed by atoms with van der Waals surface area (Å²) in [5.74, 6) is 0. The van der Waals surface area contributed by atoms with Crippen LogP contribution in [0.1, 0.15) is 11.1 Å². The number of ether oxygens (including phenoxy) is 1. The number of benzene rings is 1. The first kappa shape index (κ1) is 14.9. The maximum Gasteiger partial charge on any atom is 0.334 e. The number of aryl methyl sites for hydroxylation is 1. The highest BCUT2D eigenvalue weighted by atomic mass is 16.6. The molecular weight excluding hydrogens is 272 g/mol. The number of hydrogen-bond donors (Lipinski definition) is 0. The van der Waals surface area contributed by atoms with E-state index in [1.54, 1.807) is 13.1 Å². The molecule has 0 N–H and O–H groups in total. The molecule has 110 valence electrons. The van der Waals surface area contributed by atoms with E-state index in [0.717, 1.165) is 5.56 Å². The minimum atomic E-state index is -0.656. The van der Waals surface area contributed by atoms with Crippen LogP contribution in [0.4, 0.5) is 5.69 Å². The zero-order valence-electron chi connectivity index (χ0n) is 11.7. The normalized spacial score (nSPS) is 10.5. The number of nitro groups is 1. The van der Waals surface area contributed by atoms with Gasteiger partial charge in [0.25, 0.3) is 0 Å². The minimum Gasteiger partial charge on any atom is -0.375 e. The number of pyridine rings is 1. The summed E-state index contributed by atoms with van der Waals surface area (Å²) in [5.41, 5.74) is 0.705. The summed E-state index contributed by atoms with van der Waals surface area (Å²) in [6.45, 7) is 2.76. The molecule has 0 spiro atoms. The molecule has 21 heavy (non-hydrogen) atoms. The second-order valence-corrected chi connectivity index (χ2v) is 4.70. The largest absolute Gasteiger partial charge is 0.375 e. The Bertz CT molecular complexity index is 680. The Morgan fingerprint density at radius 2 is 2.00 bits per heavy atom. The van der Waals surface area contributed by atoms with Gasteiger partial charge in [0.05, 0.1) is 18.1 Å². The van der Waals surface area contributed by atoms with E-state index >= 15 is 0 Å². The van der Waals surface area contributed by atoms with E-state index in [1.807, 2.05) is 30.3 Å². The average Bonchev–Trinajstić information content (AvgIpc) is 2.47. The van der Waals surface area contributed by atoms with Crippen LogP contribution in [0.5, 0.6) is 0 Å². The van der Waals surface area contributed by atoms with Crippen LogP contribution < -0.4 is 5.56 Å². The molecule has 0 aliphatic rings. The van der Waals surface area contributed by atoms with Gasteiger partial charge < -0.3 is 9.30 Å². The summed E-state index contributed by atoms with van der Waals surface area (Å²) < 4.78 is 6.81. The van der Waals surface area contributed by atoms with Crippen molar-refractivity contribution in [3.05, 3.63) is 74.2 Å². The van der Waals surface area contributed by atoms with Gasteiger partial charge in [-0.2, -0.15) is 0 Å². The van der Waals surface area contributed by atoms with E-state index < -0.39 is 16.2 Å². The van der Waals surface area contributed by atoms with Crippen LogP contribution in [-0.4, -0.2) is 16.1 Å². The smallest absolute Gasteiger partial charge is 0.334 e. The molecule has 6 heteroatoms. The third kappa shape index (κ3) is 4.00. The monoisotopic (exact) mass is 288 g/mol. The van der Waals surface area contributed by atoms with Gasteiger partial charge >= 0.3 is 11.2 Å². The molecule has 0 amide bonds. The molecule has 0 saturated carbocycles. The van der Waals surface area contributed by atoms with Crippen LogP contribution >= 0.6 is 0 Å². The first-order valence-electron chi connectivity index (χ1n) is 6.55. The van der Waals surface area contributed by atoms with Crippen LogP contribution in [0.15, 0.2) is 47.4 Å². The Hall–Kier alpha value is -2.47. The minimum absolute atomic E-state index is 0.286. The Morgan fingerprint density at radius 1 is 1.29 bits per heavy atom. The quantitative estimate of drug-likeness (QED) is 0.464. The summed E-state index contributed by atoms with van der Waals surface area (Å²) in [5, 5.41) is 10.8. The lowest BCUT2D eigenvalue weighted by molar-refractivity contribution is -0.386. The standard InChI is InChI=1S/C15H16N2O4/c1-12-9-14(17(19)20)15(18)16(10-12)7-8-21-11-13-5-3-2-4-6-13/h2-6,9-10H,7-8,11H2,1H3. The van der Waals surface area contributed by atoms with Gasteiger partial charge in [-0.25, -0.2) is 0 Å². The Kier molecular flexibility index (Phi) is 4.84. The lowest BCUT2D eigenvalue weighted by atomic mass is 10.2. The van der Waals surface area contributed by atoms with Crippen LogP contribution in [0, 0.1) is 17.0 Å². The molecule has 1 heterocycles. The fourth-order valence-corrected chi connectivity index (χ4v) is 1.99. The fourth-order valence-electron chi connectivity index (χ4n) is 1.99. The molecule has 0 unspecified atom stereocenters. The van der Waals surface area contributed by atoms with E-state index in [9.17, 15) is 14.9 Å². The van der Waals surface area contributed by atoms with Crippen molar-refractivity contribution in [3.63, 3.8) is 0 Å². The van der Waals surface area contributed by atoms with Crippen molar-refractivity contribution in [1.29, 1.82) is 0 Å². The lowest BCUT2D eigenvalue weighted by Crippen LogP contribution is -2.24. The number of aromatic nitrogens is 1. The lowest BCUT2D eigenvalue weighted by Gasteiger charge is -2.08. The summed E-state index contributed by atoms with van der Waals surface area (Å²) in [6, 6.07) is 11.0. The van der Waals surface area contributed by atoms with Crippen LogP contribution in [0.2, 0.25) is 0 Å². The first-order valence-corrected chi connectivity index (χ1v) is 6.55. The predicted molar refractivity (Wildman–Crippen MR) is 78.2 cm³/mol. The molecule has 0 aliphatic heterocycles. The molecule has 0 atom stereocenters. The highest BCUT2D eigenvalue weighted by Gasteiger charge is 2.14. The zero-order chi connectivity index (χ0) is 15.2. The van der Waals surface area contributed by atoms with E-state index in [4.69, 9.17) is 4.74 Å². The van der Waals surface area contributed by atoms with Gasteiger partial charge in [-0.05, 0) is 18.1 Å². The maximum absolute atomic E-state index is 11.9. The van der Waals surface area contributed by atoms with Crippen LogP contribution in [-0.2, 0) is 17.9 Å². The van der Waals surface area contributed by atoms with Gasteiger partial charge in [-0.15, -0.1) is 0 Å². The number of nitrogens with zero attached hydrogens (tertiary/aromatic N) is 2. The molecule has 0 radical (unpaired) electrons. The summed E-state index contributed by atoms with van der Waals surface area (Å²) >= 11 is 0. The Balaban J connectivity index is 1.97. The first-order chi connectivity index (χ1) is 10.1. The van der Waals surface area contributed by atoms with Crippen LogP contribution in [0.3, 0.4) is 0 Å². The molecule has 6 nitrogen and oxygen atoms in total. The molecule has 2 rings (SSSR count). The molecule has 2 aromatic rings. The topological polar surface area (TPSA) is 74.4 Å². The third-order valence-electron chi connectivity index (χ3n) is 2.99. The fraction of sp³-hybridized carbons (Fsp3) is 0.267.